The number of carbonyl (C=O) groups is 1. The van der Waals surface area contributed by atoms with Crippen molar-refractivity contribution < 1.29 is 4.79 Å². The quantitative estimate of drug-likeness (QED) is 0.562. The molecule has 3 aliphatic rings. The Bertz CT molecular complexity index is 235. The normalized spacial score (nSPS) is 37.2. The fourth-order valence-electron chi connectivity index (χ4n) is 2.46. The molecule has 1 spiro atoms. The lowest BCUT2D eigenvalue weighted by Gasteiger charge is -2.35. The molecular formula is C9H14N2O. The average molecular weight is 166 g/mol. The summed E-state index contributed by atoms with van der Waals surface area (Å²) in [5.41, 5.74) is 0.0564. The van der Waals surface area contributed by atoms with Crippen LogP contribution in [-0.4, -0.2) is 30.1 Å². The van der Waals surface area contributed by atoms with Crippen LogP contribution in [0, 0.1) is 5.41 Å². The first-order valence-corrected chi connectivity index (χ1v) is 4.86. The molecule has 3 fully saturated rings. The summed E-state index contributed by atoms with van der Waals surface area (Å²) < 4.78 is 0. The maximum absolute atomic E-state index is 11.9. The average Bonchev–Trinajstić information content (AvgIpc) is 2.69. The molecule has 1 N–H and O–H groups in total. The first-order valence-electron chi connectivity index (χ1n) is 4.86. The van der Waals surface area contributed by atoms with Crippen LogP contribution < -0.4 is 5.32 Å². The highest BCUT2D eigenvalue weighted by atomic mass is 16.2. The van der Waals surface area contributed by atoms with E-state index in [1.807, 2.05) is 0 Å². The predicted molar refractivity (Wildman–Crippen MR) is 44.4 cm³/mol. The van der Waals surface area contributed by atoms with E-state index in [9.17, 15) is 4.79 Å². The van der Waals surface area contributed by atoms with Crippen LogP contribution in [0.3, 0.4) is 0 Å². The molecule has 66 valence electrons. The molecule has 3 nitrogen and oxygen atoms in total. The lowest BCUT2D eigenvalue weighted by atomic mass is 10.0. The first kappa shape index (κ1) is 6.89. The minimum Gasteiger partial charge on any atom is -0.327 e. The van der Waals surface area contributed by atoms with E-state index in [2.05, 4.69) is 10.2 Å². The third-order valence-corrected chi connectivity index (χ3v) is 3.50. The second-order valence-corrected chi connectivity index (χ2v) is 4.32. The second kappa shape index (κ2) is 2.02. The van der Waals surface area contributed by atoms with E-state index in [1.54, 1.807) is 0 Å². The number of nitrogens with zero attached hydrogens (tertiary/aromatic N) is 1. The van der Waals surface area contributed by atoms with Crippen LogP contribution in [0.2, 0.25) is 0 Å². The van der Waals surface area contributed by atoms with Gasteiger partial charge in [0.15, 0.2) is 0 Å². The van der Waals surface area contributed by atoms with Crippen LogP contribution in [0.15, 0.2) is 0 Å². The highest BCUT2D eigenvalue weighted by Gasteiger charge is 2.55. The summed E-state index contributed by atoms with van der Waals surface area (Å²) in [6.07, 6.45) is 4.94. The molecule has 0 radical (unpaired) electrons. The van der Waals surface area contributed by atoms with Crippen molar-refractivity contribution in [1.82, 2.24) is 10.2 Å². The summed E-state index contributed by atoms with van der Waals surface area (Å²) >= 11 is 0. The van der Waals surface area contributed by atoms with Crippen molar-refractivity contribution in [3.8, 4) is 0 Å². The largest absolute Gasteiger partial charge is 0.327 e. The van der Waals surface area contributed by atoms with Gasteiger partial charge < -0.3 is 4.90 Å². The first-order chi connectivity index (χ1) is 5.82. The molecule has 1 amide bonds. The molecule has 1 aliphatic carbocycles. The van der Waals surface area contributed by atoms with Crippen molar-refractivity contribution in [3.05, 3.63) is 0 Å². The van der Waals surface area contributed by atoms with Gasteiger partial charge in [0.2, 0.25) is 5.91 Å². The third kappa shape index (κ3) is 0.724. The maximum atomic E-state index is 11.9. The van der Waals surface area contributed by atoms with Crippen LogP contribution in [0.5, 0.6) is 0 Å². The maximum Gasteiger partial charge on any atom is 0.231 e. The zero-order valence-corrected chi connectivity index (χ0v) is 7.18. The SMILES string of the molecule is O=C1N2CCCC2NCC12CC2. The molecule has 0 aromatic heterocycles. The van der Waals surface area contributed by atoms with Gasteiger partial charge in [-0.3, -0.25) is 10.1 Å². The Labute approximate surface area is 72.1 Å². The van der Waals surface area contributed by atoms with Crippen molar-refractivity contribution >= 4 is 5.91 Å². The summed E-state index contributed by atoms with van der Waals surface area (Å²) in [4.78, 5) is 13.9. The molecular weight excluding hydrogens is 152 g/mol. The molecule has 2 aliphatic heterocycles. The predicted octanol–water partition coefficient (Wildman–Crippen LogP) is 0.318. The summed E-state index contributed by atoms with van der Waals surface area (Å²) in [6.45, 7) is 1.92. The Morgan fingerprint density at radius 3 is 3.08 bits per heavy atom. The van der Waals surface area contributed by atoms with Crippen LogP contribution in [0.25, 0.3) is 0 Å². The number of carbonyl (C=O) groups excluding carboxylic acids is 1. The van der Waals surface area contributed by atoms with Crippen molar-refractivity contribution in [1.29, 1.82) is 0 Å². The number of rotatable bonds is 0. The van der Waals surface area contributed by atoms with Gasteiger partial charge in [-0.05, 0) is 25.7 Å². The Kier molecular flexibility index (Phi) is 1.16. The van der Waals surface area contributed by atoms with Gasteiger partial charge in [-0.25, -0.2) is 0 Å². The fraction of sp³-hybridized carbons (Fsp3) is 0.889. The molecule has 3 heteroatoms. The summed E-state index contributed by atoms with van der Waals surface area (Å²) in [7, 11) is 0. The highest BCUT2D eigenvalue weighted by Crippen LogP contribution is 2.49. The van der Waals surface area contributed by atoms with E-state index in [0.29, 0.717) is 12.1 Å². The number of amides is 1. The van der Waals surface area contributed by atoms with Crippen LogP contribution in [-0.2, 0) is 4.79 Å². The fourth-order valence-corrected chi connectivity index (χ4v) is 2.46. The van der Waals surface area contributed by atoms with Crippen molar-refractivity contribution in [2.75, 3.05) is 13.1 Å². The van der Waals surface area contributed by atoms with Crippen molar-refractivity contribution in [2.45, 2.75) is 31.8 Å². The lowest BCUT2D eigenvalue weighted by molar-refractivity contribution is -0.141. The lowest BCUT2D eigenvalue weighted by Crippen LogP contribution is -2.56. The molecule has 0 aromatic rings. The molecule has 12 heavy (non-hydrogen) atoms. The van der Waals surface area contributed by atoms with Crippen molar-refractivity contribution in [3.63, 3.8) is 0 Å². The van der Waals surface area contributed by atoms with Gasteiger partial charge in [0.05, 0.1) is 11.6 Å². The van der Waals surface area contributed by atoms with Crippen molar-refractivity contribution in [2.24, 2.45) is 5.41 Å². The Morgan fingerprint density at radius 2 is 2.33 bits per heavy atom. The van der Waals surface area contributed by atoms with Crippen LogP contribution in [0.1, 0.15) is 25.7 Å². The molecule has 1 saturated carbocycles. The molecule has 0 bridgehead atoms. The standard InChI is InChI=1S/C9H14N2O/c12-8-9(3-4-9)6-10-7-2-1-5-11(7)8/h7,10H,1-6H2. The topological polar surface area (TPSA) is 32.3 Å². The molecule has 2 heterocycles. The Balaban J connectivity index is 1.88. The molecule has 1 atom stereocenters. The van der Waals surface area contributed by atoms with E-state index in [0.717, 1.165) is 32.4 Å². The van der Waals surface area contributed by atoms with Gasteiger partial charge in [0.25, 0.3) is 0 Å². The van der Waals surface area contributed by atoms with Gasteiger partial charge in [0, 0.05) is 13.1 Å². The van der Waals surface area contributed by atoms with E-state index >= 15 is 0 Å². The van der Waals surface area contributed by atoms with E-state index in [4.69, 9.17) is 0 Å². The zero-order valence-electron chi connectivity index (χ0n) is 7.18. The molecule has 2 saturated heterocycles. The number of fused-ring (bicyclic) bond motifs is 1. The number of hydrogen-bond acceptors (Lipinski definition) is 2. The number of nitrogens with one attached hydrogen (secondary N) is 1. The minimum atomic E-state index is 0.0564. The van der Waals surface area contributed by atoms with Gasteiger partial charge in [-0.2, -0.15) is 0 Å². The van der Waals surface area contributed by atoms with Gasteiger partial charge >= 0.3 is 0 Å². The number of hydrogen-bond donors (Lipinski definition) is 1. The molecule has 3 rings (SSSR count). The summed E-state index contributed by atoms with van der Waals surface area (Å²) in [6, 6.07) is 0. The van der Waals surface area contributed by atoms with Gasteiger partial charge in [-0.1, -0.05) is 0 Å². The van der Waals surface area contributed by atoms with Crippen LogP contribution in [0.4, 0.5) is 0 Å². The third-order valence-electron chi connectivity index (χ3n) is 3.50. The van der Waals surface area contributed by atoms with E-state index < -0.39 is 0 Å². The monoisotopic (exact) mass is 166 g/mol. The molecule has 0 aromatic carbocycles. The summed E-state index contributed by atoms with van der Waals surface area (Å²) in [5.74, 6) is 0.434. The minimum absolute atomic E-state index is 0.0564. The second-order valence-electron chi connectivity index (χ2n) is 4.32. The Morgan fingerprint density at radius 1 is 1.50 bits per heavy atom. The van der Waals surface area contributed by atoms with E-state index in [-0.39, 0.29) is 5.41 Å². The van der Waals surface area contributed by atoms with E-state index in [1.165, 1.54) is 6.42 Å². The van der Waals surface area contributed by atoms with Gasteiger partial charge in [-0.15, -0.1) is 0 Å². The molecule has 1 unspecified atom stereocenters. The smallest absolute Gasteiger partial charge is 0.231 e. The van der Waals surface area contributed by atoms with Gasteiger partial charge in [0.1, 0.15) is 0 Å². The zero-order chi connectivity index (χ0) is 8.18. The van der Waals surface area contributed by atoms with Crippen LogP contribution >= 0.6 is 0 Å². The Hall–Kier alpha value is -0.570. The summed E-state index contributed by atoms with van der Waals surface area (Å²) in [5, 5.41) is 3.47. The highest BCUT2D eigenvalue weighted by molar-refractivity contribution is 5.86.